The van der Waals surface area contributed by atoms with E-state index in [1.165, 1.54) is 17.0 Å². The van der Waals surface area contributed by atoms with Crippen LogP contribution in [0.25, 0.3) is 0 Å². The molecule has 1 aliphatic heterocycles. The zero-order valence-electron chi connectivity index (χ0n) is 15.7. The predicted molar refractivity (Wildman–Crippen MR) is 111 cm³/mol. The van der Waals surface area contributed by atoms with E-state index in [2.05, 4.69) is 20.9 Å². The van der Waals surface area contributed by atoms with Crippen LogP contribution in [0.5, 0.6) is 0 Å². The first kappa shape index (κ1) is 20.1. The second-order valence-electron chi connectivity index (χ2n) is 7.00. The van der Waals surface area contributed by atoms with E-state index >= 15 is 0 Å². The molecular formula is C23H16BrFN2O3. The molecule has 7 heteroatoms. The molecule has 1 amide bonds. The summed E-state index contributed by atoms with van der Waals surface area (Å²) >= 11 is 3.38. The molecule has 1 saturated heterocycles. The summed E-state index contributed by atoms with van der Waals surface area (Å²) in [6, 6.07) is 14.9. The van der Waals surface area contributed by atoms with Crippen LogP contribution in [0.1, 0.15) is 27.5 Å². The molecule has 3 aromatic rings. The van der Waals surface area contributed by atoms with Crippen LogP contribution in [0, 0.1) is 11.7 Å². The van der Waals surface area contributed by atoms with Crippen LogP contribution in [0.3, 0.4) is 0 Å². The number of rotatable bonds is 5. The summed E-state index contributed by atoms with van der Waals surface area (Å²) in [5, 5.41) is 0. The minimum Gasteiger partial charge on any atom is -0.323 e. The molecule has 2 aromatic carbocycles. The number of nitrogens with zero attached hydrogens (tertiary/aromatic N) is 2. The van der Waals surface area contributed by atoms with Gasteiger partial charge in [-0.15, -0.1) is 0 Å². The van der Waals surface area contributed by atoms with E-state index in [0.29, 0.717) is 5.56 Å². The van der Waals surface area contributed by atoms with Crippen LogP contribution in [0.4, 0.5) is 4.39 Å². The van der Waals surface area contributed by atoms with Crippen molar-refractivity contribution >= 4 is 33.4 Å². The summed E-state index contributed by atoms with van der Waals surface area (Å²) in [4.78, 5) is 44.5. The third-order valence-corrected chi connectivity index (χ3v) is 5.63. The predicted octanol–water partition coefficient (Wildman–Crippen LogP) is 4.13. The van der Waals surface area contributed by atoms with Gasteiger partial charge in [-0.25, -0.2) is 4.39 Å². The van der Waals surface area contributed by atoms with Crippen molar-refractivity contribution in [3.63, 3.8) is 0 Å². The molecule has 0 saturated carbocycles. The van der Waals surface area contributed by atoms with Gasteiger partial charge >= 0.3 is 0 Å². The highest BCUT2D eigenvalue weighted by molar-refractivity contribution is 9.10. The van der Waals surface area contributed by atoms with Gasteiger partial charge in [0.1, 0.15) is 11.7 Å². The van der Waals surface area contributed by atoms with Gasteiger partial charge in [0, 0.05) is 29.0 Å². The Morgan fingerprint density at radius 3 is 2.37 bits per heavy atom. The molecule has 0 aliphatic carbocycles. The third-order valence-electron chi connectivity index (χ3n) is 5.10. The summed E-state index contributed by atoms with van der Waals surface area (Å²) in [5.41, 5.74) is 1.60. The van der Waals surface area contributed by atoms with Gasteiger partial charge in [0.15, 0.2) is 5.78 Å². The topological polar surface area (TPSA) is 67.3 Å². The molecule has 5 nitrogen and oxygen atoms in total. The fraction of sp³-hybridized carbons (Fsp3) is 0.130. The second-order valence-corrected chi connectivity index (χ2v) is 7.92. The summed E-state index contributed by atoms with van der Waals surface area (Å²) in [7, 11) is 0. The Hall–Kier alpha value is -3.19. The first-order valence-corrected chi connectivity index (χ1v) is 10.0. The van der Waals surface area contributed by atoms with E-state index in [1.807, 2.05) is 0 Å². The molecule has 4 rings (SSSR count). The van der Waals surface area contributed by atoms with Gasteiger partial charge in [0.2, 0.25) is 5.78 Å². The molecule has 2 atom stereocenters. The Morgan fingerprint density at radius 1 is 1.03 bits per heavy atom. The number of hydrogen-bond acceptors (Lipinski definition) is 4. The number of carbonyl (C=O) groups is 3. The first-order valence-electron chi connectivity index (χ1n) is 9.24. The third kappa shape index (κ3) is 3.80. The number of carbonyl (C=O) groups excluding carboxylic acids is 3. The average Bonchev–Trinajstić information content (AvgIpc) is 3.00. The zero-order chi connectivity index (χ0) is 21.3. The standard InChI is InChI=1S/C23H16BrFN2O3/c24-17-7-3-15(4-8-17)20-19(21(28)16-5-9-18(25)10-6-16)22(29)23(30)27(20)13-14-2-1-11-26-12-14/h1-12,19-20H,13H2. The van der Waals surface area contributed by atoms with Crippen molar-refractivity contribution in [3.8, 4) is 0 Å². The van der Waals surface area contributed by atoms with Crippen molar-refractivity contribution in [2.45, 2.75) is 12.6 Å². The molecule has 0 N–H and O–H groups in total. The van der Waals surface area contributed by atoms with Gasteiger partial charge in [-0.1, -0.05) is 34.1 Å². The number of pyridine rings is 1. The molecule has 30 heavy (non-hydrogen) atoms. The van der Waals surface area contributed by atoms with Crippen molar-refractivity contribution in [2.24, 2.45) is 5.92 Å². The molecule has 1 aromatic heterocycles. The summed E-state index contributed by atoms with van der Waals surface area (Å²) in [5.74, 6) is -3.67. The number of ketones is 2. The second kappa shape index (κ2) is 8.28. The van der Waals surface area contributed by atoms with Crippen molar-refractivity contribution < 1.29 is 18.8 Å². The number of benzene rings is 2. The van der Waals surface area contributed by atoms with Gasteiger partial charge in [-0.2, -0.15) is 0 Å². The van der Waals surface area contributed by atoms with E-state index in [9.17, 15) is 18.8 Å². The highest BCUT2D eigenvalue weighted by atomic mass is 79.9. The lowest BCUT2D eigenvalue weighted by Crippen LogP contribution is -2.30. The molecule has 1 aliphatic rings. The van der Waals surface area contributed by atoms with Crippen LogP contribution in [0.2, 0.25) is 0 Å². The Bertz CT molecular complexity index is 1100. The molecule has 1 fully saturated rings. The lowest BCUT2D eigenvalue weighted by atomic mass is 9.86. The molecule has 0 spiro atoms. The highest BCUT2D eigenvalue weighted by Crippen LogP contribution is 2.39. The normalized spacial score (nSPS) is 18.7. The van der Waals surface area contributed by atoms with Crippen molar-refractivity contribution in [2.75, 3.05) is 0 Å². The maximum Gasteiger partial charge on any atom is 0.291 e. The van der Waals surface area contributed by atoms with Crippen LogP contribution < -0.4 is 0 Å². The fourth-order valence-electron chi connectivity index (χ4n) is 3.67. The van der Waals surface area contributed by atoms with Crippen LogP contribution in [-0.4, -0.2) is 27.4 Å². The van der Waals surface area contributed by atoms with E-state index in [0.717, 1.165) is 22.2 Å². The van der Waals surface area contributed by atoms with Crippen molar-refractivity contribution in [1.82, 2.24) is 9.88 Å². The Balaban J connectivity index is 1.77. The molecule has 0 radical (unpaired) electrons. The zero-order valence-corrected chi connectivity index (χ0v) is 17.3. The Labute approximate surface area is 180 Å². The number of Topliss-reactive ketones (excluding diaryl/α,β-unsaturated/α-hetero) is 2. The number of halogens is 2. The van der Waals surface area contributed by atoms with Gasteiger partial charge < -0.3 is 4.90 Å². The lowest BCUT2D eigenvalue weighted by Gasteiger charge is -2.27. The smallest absolute Gasteiger partial charge is 0.291 e. The van der Waals surface area contributed by atoms with Crippen molar-refractivity contribution in [3.05, 3.63) is 100 Å². The van der Waals surface area contributed by atoms with Gasteiger partial charge in [0.25, 0.3) is 5.91 Å². The quantitative estimate of drug-likeness (QED) is 0.322. The van der Waals surface area contributed by atoms with E-state index in [4.69, 9.17) is 0 Å². The summed E-state index contributed by atoms with van der Waals surface area (Å²) in [6.45, 7) is 0.145. The lowest BCUT2D eigenvalue weighted by molar-refractivity contribution is -0.141. The largest absolute Gasteiger partial charge is 0.323 e. The van der Waals surface area contributed by atoms with Gasteiger partial charge in [-0.3, -0.25) is 19.4 Å². The maximum atomic E-state index is 13.3. The molecule has 150 valence electrons. The van der Waals surface area contributed by atoms with E-state index in [-0.39, 0.29) is 12.1 Å². The summed E-state index contributed by atoms with van der Waals surface area (Å²) in [6.07, 6.45) is 3.24. The molecular weight excluding hydrogens is 451 g/mol. The van der Waals surface area contributed by atoms with Crippen LogP contribution >= 0.6 is 15.9 Å². The summed E-state index contributed by atoms with van der Waals surface area (Å²) < 4.78 is 14.1. The first-order chi connectivity index (χ1) is 14.5. The van der Waals surface area contributed by atoms with Crippen LogP contribution in [0.15, 0.2) is 77.5 Å². The van der Waals surface area contributed by atoms with Gasteiger partial charge in [-0.05, 0) is 53.6 Å². The van der Waals surface area contributed by atoms with Crippen LogP contribution in [-0.2, 0) is 16.1 Å². The number of hydrogen-bond donors (Lipinski definition) is 0. The number of likely N-dealkylation sites (tertiary alicyclic amines) is 1. The monoisotopic (exact) mass is 466 g/mol. The van der Waals surface area contributed by atoms with E-state index < -0.39 is 35.3 Å². The SMILES string of the molecule is O=C1C(=O)N(Cc2cccnc2)C(c2ccc(Br)cc2)C1C(=O)c1ccc(F)cc1. The Morgan fingerprint density at radius 2 is 1.73 bits per heavy atom. The Kier molecular flexibility index (Phi) is 5.55. The maximum absolute atomic E-state index is 13.3. The minimum atomic E-state index is -1.21. The number of aromatic nitrogens is 1. The van der Waals surface area contributed by atoms with Crippen molar-refractivity contribution in [1.29, 1.82) is 0 Å². The molecule has 2 heterocycles. The molecule has 0 bridgehead atoms. The van der Waals surface area contributed by atoms with E-state index in [1.54, 1.807) is 48.8 Å². The fourth-order valence-corrected chi connectivity index (χ4v) is 3.94. The molecule has 2 unspecified atom stereocenters. The van der Waals surface area contributed by atoms with Gasteiger partial charge in [0.05, 0.1) is 6.04 Å². The minimum absolute atomic E-state index is 0.145. The highest BCUT2D eigenvalue weighted by Gasteiger charge is 2.51. The average molecular weight is 467 g/mol. The number of amides is 1.